The number of carboxylic acid groups (broad SMARTS) is 1. The molecule has 1 heterocycles. The predicted molar refractivity (Wildman–Crippen MR) is 95.9 cm³/mol. The van der Waals surface area contributed by atoms with Crippen LogP contribution in [0, 0.1) is 0 Å². The van der Waals surface area contributed by atoms with Crippen LogP contribution in [-0.2, 0) is 9.59 Å². The van der Waals surface area contributed by atoms with E-state index in [0.717, 1.165) is 0 Å². The number of nitrogens with zero attached hydrogens (tertiary/aromatic N) is 1. The lowest BCUT2D eigenvalue weighted by Gasteiger charge is -2.33. The fraction of sp³-hybridized carbons (Fsp3) is 0.167. The van der Waals surface area contributed by atoms with Crippen LogP contribution >= 0.6 is 11.6 Å². The lowest BCUT2D eigenvalue weighted by molar-refractivity contribution is -0.125. The molecule has 134 valence electrons. The maximum Gasteiger partial charge on any atom is 0.335 e. The first-order valence-electron chi connectivity index (χ1n) is 7.76. The number of aromatic carboxylic acids is 1. The van der Waals surface area contributed by atoms with Crippen LogP contribution in [0.1, 0.15) is 17.3 Å². The number of carbonyl (C=O) groups excluding carboxylic acids is 2. The Bertz CT molecular complexity index is 899. The lowest BCUT2D eigenvalue weighted by atomic mass is 10.1. The van der Waals surface area contributed by atoms with Crippen LogP contribution < -0.4 is 15.0 Å². The summed E-state index contributed by atoms with van der Waals surface area (Å²) in [5, 5.41) is 12.2. The average Bonchev–Trinajstić information content (AvgIpc) is 2.62. The third-order valence-corrected chi connectivity index (χ3v) is 4.31. The summed E-state index contributed by atoms with van der Waals surface area (Å²) >= 11 is 6.04. The quantitative estimate of drug-likeness (QED) is 0.857. The van der Waals surface area contributed by atoms with E-state index < -0.39 is 23.8 Å². The zero-order chi connectivity index (χ0) is 18.8. The first kappa shape index (κ1) is 17.8. The van der Waals surface area contributed by atoms with Crippen LogP contribution in [0.5, 0.6) is 5.75 Å². The highest BCUT2D eigenvalue weighted by Crippen LogP contribution is 2.34. The number of hydrogen-bond donors (Lipinski definition) is 2. The summed E-state index contributed by atoms with van der Waals surface area (Å²) in [7, 11) is 0. The molecule has 0 fully saturated rings. The number of carbonyl (C=O) groups is 3. The van der Waals surface area contributed by atoms with Gasteiger partial charge in [0.05, 0.1) is 22.0 Å². The molecule has 2 aromatic carbocycles. The molecule has 0 aliphatic carbocycles. The van der Waals surface area contributed by atoms with Gasteiger partial charge in [0, 0.05) is 0 Å². The van der Waals surface area contributed by atoms with E-state index in [9.17, 15) is 19.5 Å². The van der Waals surface area contributed by atoms with E-state index in [0.29, 0.717) is 16.5 Å². The summed E-state index contributed by atoms with van der Waals surface area (Å²) in [6, 6.07) is 10.00. The molecule has 0 spiro atoms. The number of amides is 2. The number of fused-ring (bicyclic) bond motifs is 1. The van der Waals surface area contributed by atoms with Gasteiger partial charge < -0.3 is 15.2 Å². The van der Waals surface area contributed by atoms with Crippen LogP contribution in [0.2, 0.25) is 5.02 Å². The second-order valence-electron chi connectivity index (χ2n) is 5.69. The van der Waals surface area contributed by atoms with Gasteiger partial charge in [-0.05, 0) is 37.3 Å². The van der Waals surface area contributed by atoms with E-state index in [1.807, 2.05) is 0 Å². The molecular formula is C18H15ClN2O5. The highest BCUT2D eigenvalue weighted by molar-refractivity contribution is 6.33. The standard InChI is InChI=1S/C18H15ClN2O5/c1-10(17(23)20-13-5-3-2-4-12(13)19)21-14-8-11(18(24)25)6-7-15(14)26-9-16(21)22/h2-8,10H,9H2,1H3,(H,20,23)(H,24,25). The number of anilines is 2. The number of halogens is 1. The van der Waals surface area contributed by atoms with Gasteiger partial charge >= 0.3 is 5.97 Å². The molecule has 1 atom stereocenters. The topological polar surface area (TPSA) is 95.9 Å². The molecule has 2 amide bonds. The summed E-state index contributed by atoms with van der Waals surface area (Å²) < 4.78 is 5.33. The number of benzene rings is 2. The fourth-order valence-corrected chi connectivity index (χ4v) is 2.83. The Morgan fingerprint density at radius 2 is 2.00 bits per heavy atom. The van der Waals surface area contributed by atoms with Crippen molar-refractivity contribution in [1.82, 2.24) is 0 Å². The van der Waals surface area contributed by atoms with Crippen molar-refractivity contribution in [3.63, 3.8) is 0 Å². The van der Waals surface area contributed by atoms with Gasteiger partial charge in [-0.15, -0.1) is 0 Å². The third kappa shape index (κ3) is 3.34. The minimum atomic E-state index is -1.14. The summed E-state index contributed by atoms with van der Waals surface area (Å²) in [6.45, 7) is 1.32. The van der Waals surface area contributed by atoms with E-state index in [1.54, 1.807) is 31.2 Å². The second-order valence-corrected chi connectivity index (χ2v) is 6.09. The van der Waals surface area contributed by atoms with Crippen molar-refractivity contribution in [2.45, 2.75) is 13.0 Å². The molecule has 2 N–H and O–H groups in total. The zero-order valence-corrected chi connectivity index (χ0v) is 14.5. The summed E-state index contributed by atoms with van der Waals surface area (Å²) in [4.78, 5) is 37.4. The molecule has 0 saturated heterocycles. The monoisotopic (exact) mass is 374 g/mol. The number of rotatable bonds is 4. The molecule has 0 bridgehead atoms. The normalized spacial score (nSPS) is 14.2. The Morgan fingerprint density at radius 3 is 2.69 bits per heavy atom. The molecule has 7 nitrogen and oxygen atoms in total. The van der Waals surface area contributed by atoms with Crippen molar-refractivity contribution in [2.75, 3.05) is 16.8 Å². The van der Waals surface area contributed by atoms with Gasteiger partial charge in [-0.2, -0.15) is 0 Å². The molecule has 1 aliphatic heterocycles. The summed E-state index contributed by atoms with van der Waals surface area (Å²) in [5.41, 5.74) is 0.653. The SMILES string of the molecule is CC(C(=O)Nc1ccccc1Cl)N1C(=O)COc2ccc(C(=O)O)cc21. The van der Waals surface area contributed by atoms with E-state index in [1.165, 1.54) is 23.1 Å². The highest BCUT2D eigenvalue weighted by Gasteiger charge is 2.33. The number of ether oxygens (including phenoxy) is 1. The molecule has 3 rings (SSSR count). The van der Waals surface area contributed by atoms with Crippen molar-refractivity contribution in [1.29, 1.82) is 0 Å². The van der Waals surface area contributed by atoms with Crippen LogP contribution in [0.15, 0.2) is 42.5 Å². The Kier molecular flexibility index (Phi) is 4.81. The van der Waals surface area contributed by atoms with E-state index in [2.05, 4.69) is 5.32 Å². The molecule has 1 aliphatic rings. The maximum absolute atomic E-state index is 12.6. The van der Waals surface area contributed by atoms with Gasteiger partial charge in [-0.25, -0.2) is 4.79 Å². The van der Waals surface area contributed by atoms with Crippen molar-refractivity contribution in [3.8, 4) is 5.75 Å². The Hall–Kier alpha value is -3.06. The fourth-order valence-electron chi connectivity index (χ4n) is 2.65. The Balaban J connectivity index is 1.91. The number of para-hydroxylation sites is 1. The van der Waals surface area contributed by atoms with Crippen LogP contribution in [0.3, 0.4) is 0 Å². The van der Waals surface area contributed by atoms with Gasteiger partial charge in [0.2, 0.25) is 5.91 Å². The summed E-state index contributed by atoms with van der Waals surface area (Å²) in [5.74, 6) is -1.70. The van der Waals surface area contributed by atoms with Crippen LogP contribution in [-0.4, -0.2) is 35.5 Å². The van der Waals surface area contributed by atoms with Gasteiger partial charge in [0.1, 0.15) is 11.8 Å². The molecule has 26 heavy (non-hydrogen) atoms. The van der Waals surface area contributed by atoms with E-state index in [-0.39, 0.29) is 17.9 Å². The maximum atomic E-state index is 12.6. The molecular weight excluding hydrogens is 360 g/mol. The van der Waals surface area contributed by atoms with Crippen LogP contribution in [0.4, 0.5) is 11.4 Å². The third-order valence-electron chi connectivity index (χ3n) is 3.98. The minimum Gasteiger partial charge on any atom is -0.482 e. The highest BCUT2D eigenvalue weighted by atomic mass is 35.5. The van der Waals surface area contributed by atoms with Crippen molar-refractivity contribution >= 4 is 40.8 Å². The molecule has 2 aromatic rings. The van der Waals surface area contributed by atoms with Crippen molar-refractivity contribution < 1.29 is 24.2 Å². The lowest BCUT2D eigenvalue weighted by Crippen LogP contribution is -2.49. The molecule has 0 radical (unpaired) electrons. The summed E-state index contributed by atoms with van der Waals surface area (Å²) in [6.07, 6.45) is 0. The van der Waals surface area contributed by atoms with Gasteiger partial charge in [0.15, 0.2) is 6.61 Å². The first-order chi connectivity index (χ1) is 12.4. The first-order valence-corrected chi connectivity index (χ1v) is 8.14. The predicted octanol–water partition coefficient (Wildman–Crippen LogP) is 2.79. The number of carboxylic acids is 1. The van der Waals surface area contributed by atoms with Crippen molar-refractivity contribution in [3.05, 3.63) is 53.1 Å². The Labute approximate surface area is 154 Å². The second kappa shape index (κ2) is 7.05. The largest absolute Gasteiger partial charge is 0.482 e. The Morgan fingerprint density at radius 1 is 1.27 bits per heavy atom. The minimum absolute atomic E-state index is 0.00855. The molecule has 1 unspecified atom stereocenters. The molecule has 8 heteroatoms. The molecule has 0 saturated carbocycles. The van der Waals surface area contributed by atoms with Crippen LogP contribution in [0.25, 0.3) is 0 Å². The average molecular weight is 375 g/mol. The van der Waals surface area contributed by atoms with Gasteiger partial charge in [-0.1, -0.05) is 23.7 Å². The van der Waals surface area contributed by atoms with Gasteiger partial charge in [0.25, 0.3) is 5.91 Å². The number of hydrogen-bond acceptors (Lipinski definition) is 4. The zero-order valence-electron chi connectivity index (χ0n) is 13.7. The van der Waals surface area contributed by atoms with Crippen molar-refractivity contribution in [2.24, 2.45) is 0 Å². The van der Waals surface area contributed by atoms with E-state index in [4.69, 9.17) is 16.3 Å². The smallest absolute Gasteiger partial charge is 0.335 e. The molecule has 0 aromatic heterocycles. The number of nitrogens with one attached hydrogen (secondary N) is 1. The van der Waals surface area contributed by atoms with Gasteiger partial charge in [-0.3, -0.25) is 14.5 Å². The van der Waals surface area contributed by atoms with E-state index >= 15 is 0 Å².